The van der Waals surface area contributed by atoms with E-state index in [2.05, 4.69) is 45.1 Å². The lowest BCUT2D eigenvalue weighted by atomic mass is 10.0. The van der Waals surface area contributed by atoms with Crippen LogP contribution in [-0.4, -0.2) is 66.7 Å². The number of anilines is 1. The maximum Gasteiger partial charge on any atom is 0.320 e. The minimum absolute atomic E-state index is 0.187. The number of ether oxygens (including phenoxy) is 1. The van der Waals surface area contributed by atoms with Gasteiger partial charge < -0.3 is 23.9 Å². The Morgan fingerprint density at radius 1 is 1.09 bits per heavy atom. The molecule has 1 aromatic heterocycles. The molecular weight excluding hydrogens is 428 g/mol. The SMILES string of the molecule is COc1cc(N2CCN(C(=O)N3CCCC3Cc3ccccc3)CC2)ccc1-c1cnc(C)o1. The fraction of sp³-hybridized carbons (Fsp3) is 0.407. The molecular formula is C27H32N4O3. The van der Waals surface area contributed by atoms with Gasteiger partial charge in [-0.15, -0.1) is 0 Å². The lowest BCUT2D eigenvalue weighted by Crippen LogP contribution is -2.54. The van der Waals surface area contributed by atoms with E-state index in [-0.39, 0.29) is 6.03 Å². The van der Waals surface area contributed by atoms with Gasteiger partial charge in [0, 0.05) is 57.4 Å². The van der Waals surface area contributed by atoms with Gasteiger partial charge >= 0.3 is 6.03 Å². The van der Waals surface area contributed by atoms with Crippen LogP contribution in [0.4, 0.5) is 10.5 Å². The summed E-state index contributed by atoms with van der Waals surface area (Å²) in [5.74, 6) is 2.09. The van der Waals surface area contributed by atoms with E-state index in [9.17, 15) is 4.79 Å². The highest BCUT2D eigenvalue weighted by Crippen LogP contribution is 2.34. The number of likely N-dealkylation sites (tertiary alicyclic amines) is 1. The molecule has 5 rings (SSSR count). The lowest BCUT2D eigenvalue weighted by molar-refractivity contribution is 0.145. The van der Waals surface area contributed by atoms with Crippen molar-refractivity contribution in [2.45, 2.75) is 32.2 Å². The van der Waals surface area contributed by atoms with E-state index in [0.29, 0.717) is 17.7 Å². The number of hydrogen-bond donors (Lipinski definition) is 0. The van der Waals surface area contributed by atoms with E-state index in [1.54, 1.807) is 13.3 Å². The summed E-state index contributed by atoms with van der Waals surface area (Å²) in [7, 11) is 1.67. The third-order valence-corrected chi connectivity index (χ3v) is 6.92. The van der Waals surface area contributed by atoms with Crippen LogP contribution in [0.1, 0.15) is 24.3 Å². The van der Waals surface area contributed by atoms with Gasteiger partial charge in [0.1, 0.15) is 5.75 Å². The first-order chi connectivity index (χ1) is 16.6. The Hall–Kier alpha value is -3.48. The van der Waals surface area contributed by atoms with Crippen LogP contribution in [0.5, 0.6) is 5.75 Å². The molecule has 1 unspecified atom stereocenters. The second-order valence-corrected chi connectivity index (χ2v) is 9.06. The third-order valence-electron chi connectivity index (χ3n) is 6.92. The van der Waals surface area contributed by atoms with Crippen LogP contribution in [0.3, 0.4) is 0 Å². The zero-order chi connectivity index (χ0) is 23.5. The molecule has 0 radical (unpaired) electrons. The number of oxazole rings is 1. The first-order valence-corrected chi connectivity index (χ1v) is 12.1. The van der Waals surface area contributed by atoms with Gasteiger partial charge in [-0.05, 0) is 37.0 Å². The zero-order valence-corrected chi connectivity index (χ0v) is 19.9. The number of amides is 2. The largest absolute Gasteiger partial charge is 0.496 e. The molecule has 3 heterocycles. The van der Waals surface area contributed by atoms with Gasteiger partial charge in [0.05, 0.1) is 18.9 Å². The fourth-order valence-electron chi connectivity index (χ4n) is 5.09. The fourth-order valence-corrected chi connectivity index (χ4v) is 5.09. The van der Waals surface area contributed by atoms with Gasteiger partial charge in [-0.1, -0.05) is 30.3 Å². The molecule has 0 saturated carbocycles. The van der Waals surface area contributed by atoms with Crippen molar-refractivity contribution in [3.8, 4) is 17.1 Å². The maximum atomic E-state index is 13.3. The molecule has 2 aliphatic heterocycles. The highest BCUT2D eigenvalue weighted by molar-refractivity contribution is 5.76. The predicted octanol–water partition coefficient (Wildman–Crippen LogP) is 4.61. The molecule has 7 nitrogen and oxygen atoms in total. The standard InChI is InChI=1S/C27H32N4O3/c1-20-28-19-26(34-20)24-11-10-22(18-25(24)33-2)29-13-15-30(16-14-29)27(32)31-12-6-9-23(31)17-21-7-4-3-5-8-21/h3-5,7-8,10-11,18-19,23H,6,9,12-17H2,1-2H3. The Balaban J connectivity index is 1.22. The van der Waals surface area contributed by atoms with Crippen LogP contribution < -0.4 is 9.64 Å². The number of aryl methyl sites for hydroxylation is 1. The minimum atomic E-state index is 0.187. The van der Waals surface area contributed by atoms with E-state index in [1.807, 2.05) is 30.0 Å². The normalized spacial score (nSPS) is 18.4. The monoisotopic (exact) mass is 460 g/mol. The third kappa shape index (κ3) is 4.60. The summed E-state index contributed by atoms with van der Waals surface area (Å²) < 4.78 is 11.3. The number of methoxy groups -OCH3 is 1. The van der Waals surface area contributed by atoms with Gasteiger partial charge in [-0.3, -0.25) is 0 Å². The molecule has 0 bridgehead atoms. The van der Waals surface area contributed by atoms with Crippen molar-refractivity contribution in [1.82, 2.24) is 14.8 Å². The van der Waals surface area contributed by atoms with E-state index in [4.69, 9.17) is 9.15 Å². The van der Waals surface area contributed by atoms with Crippen LogP contribution in [0, 0.1) is 6.92 Å². The van der Waals surface area contributed by atoms with Crippen molar-refractivity contribution in [3.05, 3.63) is 66.2 Å². The number of aromatic nitrogens is 1. The summed E-state index contributed by atoms with van der Waals surface area (Å²) in [6.45, 7) is 5.73. The number of nitrogens with zero attached hydrogens (tertiary/aromatic N) is 4. The Morgan fingerprint density at radius 3 is 2.59 bits per heavy atom. The Labute approximate surface area is 200 Å². The van der Waals surface area contributed by atoms with E-state index in [1.165, 1.54) is 5.56 Å². The number of urea groups is 1. The summed E-state index contributed by atoms with van der Waals surface area (Å²) >= 11 is 0. The smallest absolute Gasteiger partial charge is 0.320 e. The second-order valence-electron chi connectivity index (χ2n) is 9.06. The average Bonchev–Trinajstić information content (AvgIpc) is 3.53. The number of carbonyl (C=O) groups is 1. The summed E-state index contributed by atoms with van der Waals surface area (Å²) in [5, 5.41) is 0. The van der Waals surface area contributed by atoms with Crippen molar-refractivity contribution in [2.75, 3.05) is 44.7 Å². The predicted molar refractivity (Wildman–Crippen MR) is 132 cm³/mol. The van der Waals surface area contributed by atoms with Gasteiger partial charge in [0.15, 0.2) is 11.7 Å². The van der Waals surface area contributed by atoms with E-state index in [0.717, 1.165) is 69.0 Å². The van der Waals surface area contributed by atoms with Gasteiger partial charge in [0.2, 0.25) is 0 Å². The number of rotatable bonds is 5. The molecule has 2 saturated heterocycles. The summed E-state index contributed by atoms with van der Waals surface area (Å²) in [4.78, 5) is 24.0. The van der Waals surface area contributed by atoms with Gasteiger partial charge in [-0.2, -0.15) is 0 Å². The number of piperazine rings is 1. The molecule has 7 heteroatoms. The molecule has 0 N–H and O–H groups in total. The molecule has 2 aromatic carbocycles. The highest BCUT2D eigenvalue weighted by atomic mass is 16.5. The molecule has 0 aliphatic carbocycles. The number of carbonyl (C=O) groups excluding carboxylic acids is 1. The molecule has 34 heavy (non-hydrogen) atoms. The van der Waals surface area contributed by atoms with Crippen molar-refractivity contribution in [2.24, 2.45) is 0 Å². The van der Waals surface area contributed by atoms with Crippen LogP contribution in [0.2, 0.25) is 0 Å². The summed E-state index contributed by atoms with van der Waals surface area (Å²) in [6.07, 6.45) is 4.82. The maximum absolute atomic E-state index is 13.3. The summed E-state index contributed by atoms with van der Waals surface area (Å²) in [5.41, 5.74) is 3.28. The lowest BCUT2D eigenvalue weighted by Gasteiger charge is -2.39. The van der Waals surface area contributed by atoms with Crippen molar-refractivity contribution >= 4 is 11.7 Å². The highest BCUT2D eigenvalue weighted by Gasteiger charge is 2.33. The molecule has 2 amide bonds. The second kappa shape index (κ2) is 9.79. The van der Waals surface area contributed by atoms with Gasteiger partial charge in [-0.25, -0.2) is 9.78 Å². The minimum Gasteiger partial charge on any atom is -0.496 e. The quantitative estimate of drug-likeness (QED) is 0.557. The van der Waals surface area contributed by atoms with Crippen LogP contribution >= 0.6 is 0 Å². The Kier molecular flexibility index (Phi) is 6.43. The molecule has 0 spiro atoms. The molecule has 2 aliphatic rings. The average molecular weight is 461 g/mol. The van der Waals surface area contributed by atoms with Crippen molar-refractivity contribution in [3.63, 3.8) is 0 Å². The van der Waals surface area contributed by atoms with E-state index >= 15 is 0 Å². The van der Waals surface area contributed by atoms with Crippen LogP contribution in [0.15, 0.2) is 59.1 Å². The van der Waals surface area contributed by atoms with Crippen LogP contribution in [0.25, 0.3) is 11.3 Å². The number of benzene rings is 2. The molecule has 3 aromatic rings. The Bertz CT molecular complexity index is 1120. The Morgan fingerprint density at radius 2 is 1.88 bits per heavy atom. The van der Waals surface area contributed by atoms with E-state index < -0.39 is 0 Å². The van der Waals surface area contributed by atoms with Crippen LogP contribution in [-0.2, 0) is 6.42 Å². The zero-order valence-electron chi connectivity index (χ0n) is 19.9. The topological polar surface area (TPSA) is 62.1 Å². The molecule has 178 valence electrons. The first kappa shape index (κ1) is 22.3. The molecule has 1 atom stereocenters. The summed E-state index contributed by atoms with van der Waals surface area (Å²) in [6, 6.07) is 17.1. The first-order valence-electron chi connectivity index (χ1n) is 12.1. The van der Waals surface area contributed by atoms with Gasteiger partial charge in [0.25, 0.3) is 0 Å². The van der Waals surface area contributed by atoms with Crippen molar-refractivity contribution < 1.29 is 13.9 Å². The molecule has 2 fully saturated rings. The number of hydrogen-bond acceptors (Lipinski definition) is 5. The van der Waals surface area contributed by atoms with Crippen molar-refractivity contribution in [1.29, 1.82) is 0 Å².